The van der Waals surface area contributed by atoms with Gasteiger partial charge in [-0.15, -0.1) is 0 Å². The maximum Gasteiger partial charge on any atom is 0.330 e. The van der Waals surface area contributed by atoms with Gasteiger partial charge in [0.25, 0.3) is 0 Å². The van der Waals surface area contributed by atoms with Crippen LogP contribution in [0.3, 0.4) is 0 Å². The summed E-state index contributed by atoms with van der Waals surface area (Å²) < 4.78 is 16.0. The summed E-state index contributed by atoms with van der Waals surface area (Å²) >= 11 is 0. The van der Waals surface area contributed by atoms with E-state index < -0.39 is 6.04 Å². The van der Waals surface area contributed by atoms with Crippen molar-refractivity contribution in [1.82, 2.24) is 0 Å². The highest BCUT2D eigenvalue weighted by Crippen LogP contribution is 2.23. The molecule has 1 aliphatic rings. The van der Waals surface area contributed by atoms with Crippen LogP contribution in [0.2, 0.25) is 0 Å². The van der Waals surface area contributed by atoms with Crippen LogP contribution in [0.5, 0.6) is 0 Å². The third kappa shape index (κ3) is 7.94. The summed E-state index contributed by atoms with van der Waals surface area (Å²) in [4.78, 5) is 19.9. The van der Waals surface area contributed by atoms with Gasteiger partial charge in [0, 0.05) is 24.6 Å². The molecular weight excluding hydrogens is 300 g/mol. The average molecular weight is 328 g/mol. The standard InChI is InChI=1S/C15H28N4O4/c1-15(2)9-22-12(23-10-15)6-8-18-11(13(20)21-3)5-4-7-19-14(16)17/h8,11-12H,4-7,9-10H2,1-3H3,(H4,16,17,19)/t11-/m0/s1. The van der Waals surface area contributed by atoms with E-state index in [9.17, 15) is 4.79 Å². The smallest absolute Gasteiger partial charge is 0.330 e. The largest absolute Gasteiger partial charge is 0.467 e. The molecule has 8 nitrogen and oxygen atoms in total. The minimum absolute atomic E-state index is 0.0353. The number of carbonyl (C=O) groups is 1. The van der Waals surface area contributed by atoms with Crippen molar-refractivity contribution in [3.05, 3.63) is 0 Å². The minimum Gasteiger partial charge on any atom is -0.467 e. The van der Waals surface area contributed by atoms with Gasteiger partial charge in [-0.05, 0) is 12.8 Å². The van der Waals surface area contributed by atoms with Crippen molar-refractivity contribution in [2.24, 2.45) is 26.9 Å². The van der Waals surface area contributed by atoms with E-state index >= 15 is 0 Å². The predicted molar refractivity (Wildman–Crippen MR) is 88.3 cm³/mol. The van der Waals surface area contributed by atoms with Crippen LogP contribution < -0.4 is 11.5 Å². The van der Waals surface area contributed by atoms with E-state index in [1.54, 1.807) is 6.21 Å². The van der Waals surface area contributed by atoms with Crippen LogP contribution in [0.25, 0.3) is 0 Å². The molecule has 0 aromatic heterocycles. The van der Waals surface area contributed by atoms with Gasteiger partial charge in [0.2, 0.25) is 0 Å². The third-order valence-electron chi connectivity index (χ3n) is 3.31. The summed E-state index contributed by atoms with van der Waals surface area (Å²) in [6.07, 6.45) is 2.99. The SMILES string of the molecule is COC(=O)[C@H](CCCN=C(N)N)N=CCC1OCC(C)(C)CO1. The monoisotopic (exact) mass is 328 g/mol. The van der Waals surface area contributed by atoms with Crippen LogP contribution in [0.4, 0.5) is 0 Å². The highest BCUT2D eigenvalue weighted by atomic mass is 16.7. The van der Waals surface area contributed by atoms with Gasteiger partial charge in [-0.25, -0.2) is 4.79 Å². The van der Waals surface area contributed by atoms with Gasteiger partial charge in [-0.1, -0.05) is 13.8 Å². The fourth-order valence-corrected chi connectivity index (χ4v) is 2.02. The zero-order valence-electron chi connectivity index (χ0n) is 14.2. The molecule has 0 radical (unpaired) electrons. The Hall–Kier alpha value is -1.67. The first-order chi connectivity index (χ1) is 10.8. The molecule has 23 heavy (non-hydrogen) atoms. The van der Waals surface area contributed by atoms with E-state index in [2.05, 4.69) is 23.8 Å². The molecule has 4 N–H and O–H groups in total. The van der Waals surface area contributed by atoms with Gasteiger partial charge in [-0.2, -0.15) is 0 Å². The Balaban J connectivity index is 2.40. The Morgan fingerprint density at radius 3 is 2.61 bits per heavy atom. The van der Waals surface area contributed by atoms with Crippen LogP contribution in [-0.4, -0.2) is 57.3 Å². The van der Waals surface area contributed by atoms with Gasteiger partial charge >= 0.3 is 5.97 Å². The number of nitrogens with zero attached hydrogens (tertiary/aromatic N) is 2. The molecule has 0 aromatic carbocycles. The van der Waals surface area contributed by atoms with Crippen LogP contribution in [0.1, 0.15) is 33.1 Å². The fraction of sp³-hybridized carbons (Fsp3) is 0.800. The lowest BCUT2D eigenvalue weighted by atomic mass is 9.95. The summed E-state index contributed by atoms with van der Waals surface area (Å²) in [7, 11) is 1.34. The normalized spacial score (nSPS) is 19.4. The van der Waals surface area contributed by atoms with Crippen molar-refractivity contribution < 1.29 is 19.0 Å². The summed E-state index contributed by atoms with van der Waals surface area (Å²) in [6, 6.07) is -0.561. The van der Waals surface area contributed by atoms with E-state index in [-0.39, 0.29) is 23.6 Å². The average Bonchev–Trinajstić information content (AvgIpc) is 2.50. The van der Waals surface area contributed by atoms with Crippen LogP contribution in [-0.2, 0) is 19.0 Å². The Morgan fingerprint density at radius 2 is 2.04 bits per heavy atom. The van der Waals surface area contributed by atoms with Crippen molar-refractivity contribution in [3.63, 3.8) is 0 Å². The number of aliphatic imine (C=N–C) groups is 2. The molecule has 8 heteroatoms. The number of guanidine groups is 1. The van der Waals surface area contributed by atoms with Gasteiger partial charge < -0.3 is 25.7 Å². The molecule has 0 aromatic rings. The van der Waals surface area contributed by atoms with Crippen molar-refractivity contribution in [3.8, 4) is 0 Å². The Kier molecular flexibility index (Phi) is 7.97. The second-order valence-electron chi connectivity index (χ2n) is 6.27. The number of esters is 1. The summed E-state index contributed by atoms with van der Waals surface area (Å²) in [5, 5.41) is 0. The van der Waals surface area contributed by atoms with E-state index in [0.717, 1.165) is 0 Å². The van der Waals surface area contributed by atoms with E-state index in [1.807, 2.05) is 0 Å². The van der Waals surface area contributed by atoms with Crippen molar-refractivity contribution >= 4 is 18.1 Å². The number of nitrogens with two attached hydrogens (primary N) is 2. The quantitative estimate of drug-likeness (QED) is 0.289. The lowest BCUT2D eigenvalue weighted by Crippen LogP contribution is -2.37. The van der Waals surface area contributed by atoms with Crippen molar-refractivity contribution in [1.29, 1.82) is 0 Å². The summed E-state index contributed by atoms with van der Waals surface area (Å²) in [5.41, 5.74) is 10.5. The van der Waals surface area contributed by atoms with Gasteiger partial charge in [0.1, 0.15) is 6.04 Å². The van der Waals surface area contributed by atoms with Crippen LogP contribution >= 0.6 is 0 Å². The zero-order chi connectivity index (χ0) is 17.3. The van der Waals surface area contributed by atoms with E-state index in [1.165, 1.54) is 7.11 Å². The number of methoxy groups -OCH3 is 1. The van der Waals surface area contributed by atoms with Gasteiger partial charge in [0.15, 0.2) is 12.2 Å². The molecule has 0 amide bonds. The highest BCUT2D eigenvalue weighted by Gasteiger charge is 2.27. The molecule has 1 atom stereocenters. The van der Waals surface area contributed by atoms with Crippen LogP contribution in [0.15, 0.2) is 9.98 Å². The first-order valence-electron chi connectivity index (χ1n) is 7.72. The molecule has 0 bridgehead atoms. The van der Waals surface area contributed by atoms with Gasteiger partial charge in [0.05, 0.1) is 20.3 Å². The highest BCUT2D eigenvalue weighted by molar-refractivity contribution is 5.78. The number of rotatable bonds is 8. The molecule has 1 heterocycles. The first-order valence-corrected chi connectivity index (χ1v) is 7.72. The maximum absolute atomic E-state index is 11.7. The Labute approximate surface area is 137 Å². The fourth-order valence-electron chi connectivity index (χ4n) is 2.02. The zero-order valence-corrected chi connectivity index (χ0v) is 14.2. The number of hydrogen-bond acceptors (Lipinski definition) is 6. The lowest BCUT2D eigenvalue weighted by Gasteiger charge is -2.34. The van der Waals surface area contributed by atoms with Crippen molar-refractivity contribution in [2.45, 2.75) is 45.4 Å². The molecule has 0 unspecified atom stereocenters. The molecule has 0 aliphatic carbocycles. The third-order valence-corrected chi connectivity index (χ3v) is 3.31. The van der Waals surface area contributed by atoms with Crippen molar-refractivity contribution in [2.75, 3.05) is 26.9 Å². The lowest BCUT2D eigenvalue weighted by molar-refractivity contribution is -0.217. The predicted octanol–water partition coefficient (Wildman–Crippen LogP) is 0.442. The van der Waals surface area contributed by atoms with Gasteiger partial charge in [-0.3, -0.25) is 9.98 Å². The number of carbonyl (C=O) groups excluding carboxylic acids is 1. The molecule has 1 fully saturated rings. The second-order valence-corrected chi connectivity index (χ2v) is 6.27. The summed E-state index contributed by atoms with van der Waals surface area (Å²) in [5.74, 6) is -0.338. The number of ether oxygens (including phenoxy) is 3. The molecular formula is C15H28N4O4. The maximum atomic E-state index is 11.7. The van der Waals surface area contributed by atoms with Crippen LogP contribution in [0, 0.1) is 5.41 Å². The first kappa shape index (κ1) is 19.4. The minimum atomic E-state index is -0.561. The Bertz CT molecular complexity index is 423. The van der Waals surface area contributed by atoms with E-state index in [4.69, 9.17) is 25.7 Å². The Morgan fingerprint density at radius 1 is 1.39 bits per heavy atom. The molecule has 1 rings (SSSR count). The topological polar surface area (TPSA) is 122 Å². The summed E-state index contributed by atoms with van der Waals surface area (Å²) in [6.45, 7) is 5.91. The molecule has 0 saturated carbocycles. The number of hydrogen-bond donors (Lipinski definition) is 2. The second kappa shape index (κ2) is 9.46. The molecule has 1 aliphatic heterocycles. The molecule has 132 valence electrons. The molecule has 0 spiro atoms. The van der Waals surface area contributed by atoms with E-state index in [0.29, 0.717) is 39.0 Å². The molecule has 1 saturated heterocycles.